The Bertz CT molecular complexity index is 1310. The minimum absolute atomic E-state index is 0.0699. The molecule has 4 rings (SSSR count). The van der Waals surface area contributed by atoms with Gasteiger partial charge in [0.1, 0.15) is 17.7 Å². The normalized spacial score (nSPS) is 17.3. The highest BCUT2D eigenvalue weighted by Gasteiger charge is 2.40. The largest absolute Gasteiger partial charge is 0.380 e. The van der Waals surface area contributed by atoms with Crippen LogP contribution >= 0.6 is 11.6 Å². The van der Waals surface area contributed by atoms with Crippen molar-refractivity contribution in [1.29, 1.82) is 0 Å². The fourth-order valence-electron chi connectivity index (χ4n) is 3.83. The van der Waals surface area contributed by atoms with Crippen molar-refractivity contribution < 1.29 is 18.7 Å². The molecule has 1 fully saturated rings. The molecule has 2 atom stereocenters. The van der Waals surface area contributed by atoms with E-state index in [9.17, 15) is 18.8 Å². The van der Waals surface area contributed by atoms with Gasteiger partial charge in [0.15, 0.2) is 0 Å². The predicted octanol–water partition coefficient (Wildman–Crippen LogP) is 3.59. The molecule has 2 N–H and O–H groups in total. The van der Waals surface area contributed by atoms with Crippen LogP contribution in [0.5, 0.6) is 0 Å². The maximum atomic E-state index is 14.8. The average Bonchev–Trinajstić information content (AvgIpc) is 3.27. The van der Waals surface area contributed by atoms with Crippen molar-refractivity contribution in [2.75, 3.05) is 24.3 Å². The number of pyridine rings is 2. The second-order valence-electron chi connectivity index (χ2n) is 8.12. The zero-order valence-electron chi connectivity index (χ0n) is 19.0. The Labute approximate surface area is 205 Å². The summed E-state index contributed by atoms with van der Waals surface area (Å²) >= 11 is 5.82. The molecular formula is C24H23ClFN5O4. The summed E-state index contributed by atoms with van der Waals surface area (Å²) in [6, 6.07) is 8.91. The third-order valence-corrected chi connectivity index (χ3v) is 5.91. The number of nitrogens with zero attached hydrogens (tertiary/aromatic N) is 3. The van der Waals surface area contributed by atoms with E-state index in [2.05, 4.69) is 15.6 Å². The van der Waals surface area contributed by atoms with Crippen LogP contribution in [0.2, 0.25) is 5.02 Å². The molecule has 1 aliphatic heterocycles. The molecule has 9 nitrogen and oxygen atoms in total. The quantitative estimate of drug-likeness (QED) is 0.558. The van der Waals surface area contributed by atoms with E-state index in [1.165, 1.54) is 47.0 Å². The molecule has 2 aromatic heterocycles. The van der Waals surface area contributed by atoms with E-state index >= 15 is 0 Å². The van der Waals surface area contributed by atoms with E-state index in [1.807, 2.05) is 0 Å². The van der Waals surface area contributed by atoms with E-state index in [4.69, 9.17) is 16.3 Å². The third-order valence-electron chi connectivity index (χ3n) is 5.69. The van der Waals surface area contributed by atoms with E-state index in [0.29, 0.717) is 10.7 Å². The van der Waals surface area contributed by atoms with Gasteiger partial charge < -0.3 is 15.0 Å². The summed E-state index contributed by atoms with van der Waals surface area (Å²) in [6.45, 7) is 1.96. The van der Waals surface area contributed by atoms with Crippen LogP contribution in [0.3, 0.4) is 0 Å². The van der Waals surface area contributed by atoms with Gasteiger partial charge in [-0.05, 0) is 42.8 Å². The topological polar surface area (TPSA) is 106 Å². The van der Waals surface area contributed by atoms with E-state index < -0.39 is 23.8 Å². The van der Waals surface area contributed by atoms with Crippen molar-refractivity contribution in [3.05, 3.63) is 81.6 Å². The number of carbonyl (C=O) groups is 2. The fraction of sp³-hybridized carbons (Fsp3) is 0.250. The van der Waals surface area contributed by atoms with Crippen LogP contribution in [-0.4, -0.2) is 52.2 Å². The van der Waals surface area contributed by atoms with Crippen molar-refractivity contribution >= 4 is 35.0 Å². The molecule has 0 bridgehead atoms. The minimum Gasteiger partial charge on any atom is -0.380 e. The summed E-state index contributed by atoms with van der Waals surface area (Å²) in [5, 5.41) is 5.59. The van der Waals surface area contributed by atoms with Gasteiger partial charge in [-0.25, -0.2) is 14.2 Å². The molecule has 3 heterocycles. The molecule has 182 valence electrons. The molecule has 0 unspecified atom stereocenters. The first-order valence-corrected chi connectivity index (χ1v) is 11.1. The van der Waals surface area contributed by atoms with Crippen LogP contribution < -0.4 is 16.2 Å². The van der Waals surface area contributed by atoms with Crippen LogP contribution in [0, 0.1) is 12.7 Å². The van der Waals surface area contributed by atoms with Crippen molar-refractivity contribution in [2.45, 2.75) is 25.5 Å². The van der Waals surface area contributed by atoms with Crippen LogP contribution in [0.25, 0.3) is 5.69 Å². The fourth-order valence-corrected chi connectivity index (χ4v) is 3.95. The van der Waals surface area contributed by atoms with E-state index in [1.54, 1.807) is 25.3 Å². The Balaban J connectivity index is 1.50. The van der Waals surface area contributed by atoms with Crippen LogP contribution in [0.1, 0.15) is 12.0 Å². The number of hydrogen-bond acceptors (Lipinski definition) is 5. The Hall–Kier alpha value is -3.76. The summed E-state index contributed by atoms with van der Waals surface area (Å²) in [6.07, 6.45) is 2.82. The molecule has 0 saturated carbocycles. The molecule has 11 heteroatoms. The molecule has 1 aliphatic rings. The summed E-state index contributed by atoms with van der Waals surface area (Å²) < 4.78 is 21.5. The second kappa shape index (κ2) is 10.2. The Morgan fingerprint density at radius 1 is 1.17 bits per heavy atom. The number of benzene rings is 1. The van der Waals surface area contributed by atoms with E-state index in [0.717, 1.165) is 11.6 Å². The molecule has 0 spiro atoms. The van der Waals surface area contributed by atoms with Crippen molar-refractivity contribution in [3.8, 4) is 5.69 Å². The van der Waals surface area contributed by atoms with Gasteiger partial charge in [-0.1, -0.05) is 11.6 Å². The number of aryl methyl sites for hydroxylation is 1. The average molecular weight is 500 g/mol. The highest BCUT2D eigenvalue weighted by molar-refractivity contribution is 6.30. The Morgan fingerprint density at radius 3 is 2.63 bits per heavy atom. The monoisotopic (exact) mass is 499 g/mol. The number of amides is 3. The number of rotatable bonds is 5. The summed E-state index contributed by atoms with van der Waals surface area (Å²) in [4.78, 5) is 43.4. The number of carbonyl (C=O) groups excluding carboxylic acids is 2. The number of likely N-dealkylation sites (tertiary alicyclic amines) is 1. The van der Waals surface area contributed by atoms with Crippen LogP contribution in [0.4, 0.5) is 20.7 Å². The number of methoxy groups -OCH3 is 1. The number of ether oxygens (including phenoxy) is 1. The second-order valence-corrected chi connectivity index (χ2v) is 8.56. The molecular weight excluding hydrogens is 477 g/mol. The van der Waals surface area contributed by atoms with Crippen molar-refractivity contribution in [2.24, 2.45) is 0 Å². The first kappa shape index (κ1) is 24.4. The zero-order chi connectivity index (χ0) is 25.1. The number of aromatic nitrogens is 2. The third kappa shape index (κ3) is 5.50. The van der Waals surface area contributed by atoms with Gasteiger partial charge >= 0.3 is 6.03 Å². The van der Waals surface area contributed by atoms with Crippen molar-refractivity contribution in [1.82, 2.24) is 14.5 Å². The van der Waals surface area contributed by atoms with Crippen molar-refractivity contribution in [3.63, 3.8) is 0 Å². The van der Waals surface area contributed by atoms with Crippen LogP contribution in [-0.2, 0) is 9.53 Å². The Morgan fingerprint density at radius 2 is 1.97 bits per heavy atom. The standard InChI is InChI=1S/C24H23ClFN5O4/c1-14-7-8-30(22(32)9-14)16-4-5-19(18(26)10-16)28-23(33)20-11-17(35-2)13-31(20)24(34)29-21-6-3-15(25)12-27-21/h3-10,12,17,20H,11,13H2,1-2H3,(H,28,33)(H,27,29,34)/t17-,20-/m1/s1. The number of urea groups is 1. The molecule has 35 heavy (non-hydrogen) atoms. The van der Waals surface area contributed by atoms with Gasteiger partial charge in [0.25, 0.3) is 5.56 Å². The lowest BCUT2D eigenvalue weighted by Crippen LogP contribution is -2.45. The molecule has 0 radical (unpaired) electrons. The first-order chi connectivity index (χ1) is 16.7. The lowest BCUT2D eigenvalue weighted by Gasteiger charge is -2.24. The van der Waals surface area contributed by atoms with Crippen LogP contribution in [0.15, 0.2) is 59.7 Å². The maximum Gasteiger partial charge on any atom is 0.323 e. The van der Waals surface area contributed by atoms with Gasteiger partial charge in [-0.15, -0.1) is 0 Å². The number of nitrogens with one attached hydrogen (secondary N) is 2. The summed E-state index contributed by atoms with van der Waals surface area (Å²) in [7, 11) is 1.49. The SMILES string of the molecule is CO[C@@H]1C[C@H](C(=O)Nc2ccc(-n3ccc(C)cc3=O)cc2F)N(C(=O)Nc2ccc(Cl)cn2)C1. The van der Waals surface area contributed by atoms with Gasteiger partial charge in [-0.3, -0.25) is 19.5 Å². The minimum atomic E-state index is -0.897. The maximum absolute atomic E-state index is 14.8. The lowest BCUT2D eigenvalue weighted by molar-refractivity contribution is -0.119. The number of halogens is 2. The van der Waals surface area contributed by atoms with Gasteiger partial charge in [0, 0.05) is 44.6 Å². The summed E-state index contributed by atoms with van der Waals surface area (Å²) in [5.74, 6) is -1.01. The zero-order valence-corrected chi connectivity index (χ0v) is 19.8. The molecule has 3 aromatic rings. The van der Waals surface area contributed by atoms with Gasteiger partial charge in [0.2, 0.25) is 5.91 Å². The summed E-state index contributed by atoms with van der Waals surface area (Å²) in [5.41, 5.74) is 0.748. The molecule has 1 aromatic carbocycles. The predicted molar refractivity (Wildman–Crippen MR) is 130 cm³/mol. The Kier molecular flexibility index (Phi) is 7.13. The van der Waals surface area contributed by atoms with Gasteiger partial charge in [-0.2, -0.15) is 0 Å². The smallest absolute Gasteiger partial charge is 0.323 e. The molecule has 3 amide bonds. The van der Waals surface area contributed by atoms with Gasteiger partial charge in [0.05, 0.1) is 22.5 Å². The molecule has 0 aliphatic carbocycles. The highest BCUT2D eigenvalue weighted by Crippen LogP contribution is 2.24. The van der Waals surface area contributed by atoms with E-state index in [-0.39, 0.29) is 36.1 Å². The highest BCUT2D eigenvalue weighted by atomic mass is 35.5. The lowest BCUT2D eigenvalue weighted by atomic mass is 10.1. The first-order valence-electron chi connectivity index (χ1n) is 10.8. The number of hydrogen-bond donors (Lipinski definition) is 2. The molecule has 1 saturated heterocycles. The number of anilines is 2.